The molecule has 1 aromatic carbocycles. The van der Waals surface area contributed by atoms with Gasteiger partial charge in [-0.15, -0.1) is 6.42 Å². The first-order valence-electron chi connectivity index (χ1n) is 8.94. The van der Waals surface area contributed by atoms with Gasteiger partial charge >= 0.3 is 0 Å². The van der Waals surface area contributed by atoms with Crippen molar-refractivity contribution < 1.29 is 0 Å². The fraction of sp³-hybridized carbons (Fsp3) is 0.238. The third-order valence-corrected chi connectivity index (χ3v) is 4.93. The van der Waals surface area contributed by atoms with Gasteiger partial charge in [-0.2, -0.15) is 5.10 Å². The van der Waals surface area contributed by atoms with Crippen molar-refractivity contribution in [2.24, 2.45) is 0 Å². The minimum atomic E-state index is 0.405. The van der Waals surface area contributed by atoms with E-state index in [4.69, 9.17) is 23.1 Å². The highest BCUT2D eigenvalue weighted by molar-refractivity contribution is 6.30. The molecule has 0 atom stereocenters. The van der Waals surface area contributed by atoms with Crippen LogP contribution in [0.15, 0.2) is 48.8 Å². The number of nitrogens with one attached hydrogen (secondary N) is 1. The Kier molecular flexibility index (Phi) is 5.10. The largest absolute Gasteiger partial charge is 0.352 e. The predicted octanol–water partition coefficient (Wildman–Crippen LogP) is 3.31. The molecule has 1 fully saturated rings. The number of hydrogen-bond donors (Lipinski definition) is 1. The lowest BCUT2D eigenvalue weighted by Crippen LogP contribution is -2.44. The van der Waals surface area contributed by atoms with Gasteiger partial charge < -0.3 is 10.2 Å². The summed E-state index contributed by atoms with van der Waals surface area (Å²) in [4.78, 5) is 6.49. The summed E-state index contributed by atoms with van der Waals surface area (Å²) in [6.45, 7) is 4.10. The number of rotatable bonds is 4. The van der Waals surface area contributed by atoms with Crippen molar-refractivity contribution in [3.63, 3.8) is 0 Å². The molecule has 0 bridgehead atoms. The van der Waals surface area contributed by atoms with Crippen molar-refractivity contribution in [3.8, 4) is 34.7 Å². The Morgan fingerprint density at radius 1 is 1.04 bits per heavy atom. The minimum absolute atomic E-state index is 0.405. The maximum Gasteiger partial charge on any atom is 0.159 e. The van der Waals surface area contributed by atoms with Crippen molar-refractivity contribution in [2.75, 3.05) is 31.1 Å². The summed E-state index contributed by atoms with van der Waals surface area (Å²) in [5.41, 5.74) is 4.20. The van der Waals surface area contributed by atoms with Crippen molar-refractivity contribution in [3.05, 3.63) is 53.8 Å². The smallest absolute Gasteiger partial charge is 0.159 e. The van der Waals surface area contributed by atoms with E-state index in [2.05, 4.69) is 21.1 Å². The molecule has 3 heterocycles. The summed E-state index contributed by atoms with van der Waals surface area (Å²) in [6, 6.07) is 11.8. The average Bonchev–Trinajstić information content (AvgIpc) is 3.09. The van der Waals surface area contributed by atoms with Crippen LogP contribution in [0.1, 0.15) is 0 Å². The first-order valence-corrected chi connectivity index (χ1v) is 9.32. The molecular formula is C21H20ClN5. The van der Waals surface area contributed by atoms with E-state index in [0.29, 0.717) is 11.6 Å². The van der Waals surface area contributed by atoms with Crippen LogP contribution >= 0.6 is 11.6 Å². The fourth-order valence-electron chi connectivity index (χ4n) is 3.43. The van der Waals surface area contributed by atoms with Gasteiger partial charge in [-0.25, -0.2) is 0 Å². The number of benzene rings is 1. The third kappa shape index (κ3) is 3.55. The molecule has 0 unspecified atom stereocenters. The van der Waals surface area contributed by atoms with E-state index in [0.717, 1.165) is 54.4 Å². The molecule has 1 saturated heterocycles. The van der Waals surface area contributed by atoms with Crippen LogP contribution < -0.4 is 10.2 Å². The second-order valence-corrected chi connectivity index (χ2v) is 6.83. The van der Waals surface area contributed by atoms with Crippen LogP contribution in [0.4, 0.5) is 5.82 Å². The number of piperazine rings is 1. The summed E-state index contributed by atoms with van der Waals surface area (Å²) in [5.74, 6) is 3.69. The van der Waals surface area contributed by atoms with Crippen molar-refractivity contribution in [2.45, 2.75) is 6.54 Å². The summed E-state index contributed by atoms with van der Waals surface area (Å²) in [6.07, 6.45) is 9.26. The monoisotopic (exact) mass is 377 g/mol. The zero-order chi connectivity index (χ0) is 18.6. The van der Waals surface area contributed by atoms with Gasteiger partial charge in [0, 0.05) is 49.2 Å². The Hall–Kier alpha value is -2.81. The number of nitrogens with zero attached hydrogens (tertiary/aromatic N) is 4. The SMILES string of the molecule is C#CCn1nc(N2CCNCC2)c(-c2ccncc2)c1-c1ccc(Cl)cc1. The van der Waals surface area contributed by atoms with E-state index in [9.17, 15) is 0 Å². The third-order valence-electron chi connectivity index (χ3n) is 4.68. The zero-order valence-electron chi connectivity index (χ0n) is 14.9. The molecule has 0 saturated carbocycles. The number of terminal acetylenes is 1. The van der Waals surface area contributed by atoms with Gasteiger partial charge in [-0.05, 0) is 29.8 Å². The summed E-state index contributed by atoms with van der Waals surface area (Å²) in [7, 11) is 0. The van der Waals surface area contributed by atoms with Crippen LogP contribution in [-0.4, -0.2) is 40.9 Å². The van der Waals surface area contributed by atoms with Crippen LogP contribution in [0.5, 0.6) is 0 Å². The van der Waals surface area contributed by atoms with Crippen LogP contribution in [0.2, 0.25) is 5.02 Å². The Balaban J connectivity index is 1.95. The van der Waals surface area contributed by atoms with Gasteiger partial charge in [0.25, 0.3) is 0 Å². The number of aromatic nitrogens is 3. The number of hydrogen-bond acceptors (Lipinski definition) is 4. The number of anilines is 1. The van der Waals surface area contributed by atoms with E-state index in [1.165, 1.54) is 0 Å². The van der Waals surface area contributed by atoms with Gasteiger partial charge in [0.1, 0.15) is 6.54 Å². The highest BCUT2D eigenvalue weighted by Gasteiger charge is 2.25. The van der Waals surface area contributed by atoms with Crippen LogP contribution in [0.3, 0.4) is 0 Å². The lowest BCUT2D eigenvalue weighted by molar-refractivity contribution is 0.580. The van der Waals surface area contributed by atoms with Crippen LogP contribution in [0.25, 0.3) is 22.4 Å². The molecule has 6 heteroatoms. The molecule has 0 spiro atoms. The van der Waals surface area contributed by atoms with Crippen molar-refractivity contribution in [1.29, 1.82) is 0 Å². The van der Waals surface area contributed by atoms with Gasteiger partial charge in [0.05, 0.1) is 11.3 Å². The van der Waals surface area contributed by atoms with E-state index in [1.54, 1.807) is 12.4 Å². The first-order chi connectivity index (χ1) is 13.3. The fourth-order valence-corrected chi connectivity index (χ4v) is 3.56. The predicted molar refractivity (Wildman–Crippen MR) is 110 cm³/mol. The van der Waals surface area contributed by atoms with E-state index in [1.807, 2.05) is 41.1 Å². The van der Waals surface area contributed by atoms with Gasteiger partial charge in [0.15, 0.2) is 5.82 Å². The number of pyridine rings is 1. The van der Waals surface area contributed by atoms with E-state index < -0.39 is 0 Å². The highest BCUT2D eigenvalue weighted by Crippen LogP contribution is 2.39. The lowest BCUT2D eigenvalue weighted by Gasteiger charge is -2.28. The number of halogens is 1. The summed E-state index contributed by atoms with van der Waals surface area (Å²) >= 11 is 6.11. The second-order valence-electron chi connectivity index (χ2n) is 6.39. The minimum Gasteiger partial charge on any atom is -0.352 e. The Labute approximate surface area is 164 Å². The van der Waals surface area contributed by atoms with E-state index in [-0.39, 0.29) is 0 Å². The maximum atomic E-state index is 6.11. The summed E-state index contributed by atoms with van der Waals surface area (Å²) < 4.78 is 1.91. The molecule has 27 heavy (non-hydrogen) atoms. The second kappa shape index (κ2) is 7.83. The van der Waals surface area contributed by atoms with E-state index >= 15 is 0 Å². The molecule has 0 amide bonds. The molecule has 3 aromatic rings. The summed E-state index contributed by atoms with van der Waals surface area (Å²) in [5, 5.41) is 9.02. The molecule has 2 aromatic heterocycles. The van der Waals surface area contributed by atoms with Crippen molar-refractivity contribution >= 4 is 17.4 Å². The molecule has 4 rings (SSSR count). The molecule has 1 N–H and O–H groups in total. The average molecular weight is 378 g/mol. The molecule has 1 aliphatic heterocycles. The van der Waals surface area contributed by atoms with Gasteiger partial charge in [0.2, 0.25) is 0 Å². The topological polar surface area (TPSA) is 46.0 Å². The van der Waals surface area contributed by atoms with Crippen molar-refractivity contribution in [1.82, 2.24) is 20.1 Å². The lowest BCUT2D eigenvalue weighted by atomic mass is 10.0. The van der Waals surface area contributed by atoms with Crippen LogP contribution in [-0.2, 0) is 6.54 Å². The van der Waals surface area contributed by atoms with Gasteiger partial charge in [-0.3, -0.25) is 9.67 Å². The molecule has 136 valence electrons. The molecular weight excluding hydrogens is 358 g/mol. The quantitative estimate of drug-likeness (QED) is 0.708. The normalized spacial score (nSPS) is 14.1. The molecule has 5 nitrogen and oxygen atoms in total. The van der Waals surface area contributed by atoms with Crippen LogP contribution in [0, 0.1) is 12.3 Å². The first kappa shape index (κ1) is 17.6. The Bertz CT molecular complexity index is 951. The molecule has 1 aliphatic rings. The molecule has 0 radical (unpaired) electrons. The zero-order valence-corrected chi connectivity index (χ0v) is 15.7. The highest BCUT2D eigenvalue weighted by atomic mass is 35.5. The maximum absolute atomic E-state index is 6.11. The Morgan fingerprint density at radius 2 is 1.74 bits per heavy atom. The molecule has 0 aliphatic carbocycles. The van der Waals surface area contributed by atoms with Gasteiger partial charge in [-0.1, -0.05) is 29.7 Å². The standard InChI is InChI=1S/C21H20ClN5/c1-2-13-27-20(17-3-5-18(22)6-4-17)19(16-7-9-23-10-8-16)21(25-27)26-14-11-24-12-15-26/h1,3-10,24H,11-15H2. The Morgan fingerprint density at radius 3 is 2.41 bits per heavy atom.